The van der Waals surface area contributed by atoms with Gasteiger partial charge >= 0.3 is 0 Å². The highest BCUT2D eigenvalue weighted by Crippen LogP contribution is 2.46. The van der Waals surface area contributed by atoms with Gasteiger partial charge in [-0.2, -0.15) is 0 Å². The summed E-state index contributed by atoms with van der Waals surface area (Å²) in [5.74, 6) is 1.09. The van der Waals surface area contributed by atoms with Gasteiger partial charge in [0.25, 0.3) is 0 Å². The molecular formula is C29H41N3O. The number of anilines is 1. The van der Waals surface area contributed by atoms with Gasteiger partial charge in [-0.15, -0.1) is 0 Å². The predicted molar refractivity (Wildman–Crippen MR) is 137 cm³/mol. The molecule has 1 aromatic carbocycles. The van der Waals surface area contributed by atoms with Crippen LogP contribution in [0.3, 0.4) is 0 Å². The summed E-state index contributed by atoms with van der Waals surface area (Å²) in [5.41, 5.74) is 5.74. The van der Waals surface area contributed by atoms with E-state index in [1.807, 2.05) is 0 Å². The molecule has 2 aliphatic carbocycles. The van der Waals surface area contributed by atoms with E-state index in [9.17, 15) is 5.11 Å². The molecule has 1 aromatic heterocycles. The molecule has 2 fully saturated rings. The highest BCUT2D eigenvalue weighted by molar-refractivity contribution is 5.65. The van der Waals surface area contributed by atoms with Crippen molar-refractivity contribution in [1.82, 2.24) is 10.3 Å². The first kappa shape index (κ1) is 22.9. The first-order valence-electron chi connectivity index (χ1n) is 13.0. The topological polar surface area (TPSA) is 48.4 Å². The van der Waals surface area contributed by atoms with E-state index in [2.05, 4.69) is 74.3 Å². The number of aliphatic hydroxyl groups excluding tert-OH is 1. The van der Waals surface area contributed by atoms with E-state index in [0.29, 0.717) is 12.1 Å². The largest absolute Gasteiger partial charge is 0.392 e. The molecule has 0 radical (unpaired) electrons. The van der Waals surface area contributed by atoms with Crippen molar-refractivity contribution in [3.63, 3.8) is 0 Å². The van der Waals surface area contributed by atoms with Crippen molar-refractivity contribution in [3.05, 3.63) is 47.5 Å². The first-order chi connectivity index (χ1) is 15.7. The summed E-state index contributed by atoms with van der Waals surface area (Å²) in [6.07, 6.45) is 7.73. The van der Waals surface area contributed by atoms with E-state index in [0.717, 1.165) is 56.7 Å². The average molecular weight is 448 g/mol. The molecule has 3 aliphatic rings. The number of aromatic nitrogens is 1. The van der Waals surface area contributed by atoms with Gasteiger partial charge in [0.05, 0.1) is 11.8 Å². The van der Waals surface area contributed by atoms with Crippen LogP contribution in [-0.4, -0.2) is 41.4 Å². The van der Waals surface area contributed by atoms with E-state index >= 15 is 0 Å². The van der Waals surface area contributed by atoms with Crippen LogP contribution in [-0.2, 0) is 10.8 Å². The third-order valence-corrected chi connectivity index (χ3v) is 8.63. The van der Waals surface area contributed by atoms with E-state index in [-0.39, 0.29) is 16.9 Å². The van der Waals surface area contributed by atoms with Gasteiger partial charge < -0.3 is 15.3 Å². The predicted octanol–water partition coefficient (Wildman–Crippen LogP) is 5.57. The Morgan fingerprint density at radius 3 is 2.33 bits per heavy atom. The monoisotopic (exact) mass is 447 g/mol. The van der Waals surface area contributed by atoms with Crippen molar-refractivity contribution in [2.75, 3.05) is 18.0 Å². The average Bonchev–Trinajstić information content (AvgIpc) is 3.21. The van der Waals surface area contributed by atoms with E-state index in [1.165, 1.54) is 29.5 Å². The molecule has 1 saturated heterocycles. The molecular weight excluding hydrogens is 406 g/mol. The van der Waals surface area contributed by atoms with Crippen LogP contribution < -0.4 is 10.2 Å². The third-order valence-electron chi connectivity index (χ3n) is 8.63. The fourth-order valence-electron chi connectivity index (χ4n) is 6.22. The molecule has 0 bridgehead atoms. The van der Waals surface area contributed by atoms with E-state index in [1.54, 1.807) is 0 Å². The summed E-state index contributed by atoms with van der Waals surface area (Å²) < 4.78 is 0. The fourth-order valence-corrected chi connectivity index (χ4v) is 6.22. The molecule has 4 nitrogen and oxygen atoms in total. The van der Waals surface area contributed by atoms with Gasteiger partial charge in [-0.25, -0.2) is 4.98 Å². The number of piperidine rings is 1. The number of fused-ring (bicyclic) bond motifs is 1. The molecule has 0 unspecified atom stereocenters. The molecule has 0 amide bonds. The summed E-state index contributed by atoms with van der Waals surface area (Å²) in [5, 5.41) is 13.9. The maximum atomic E-state index is 10.1. The Hall–Kier alpha value is -1.91. The molecule has 178 valence electrons. The zero-order chi connectivity index (χ0) is 23.2. The van der Waals surface area contributed by atoms with Gasteiger partial charge in [0.15, 0.2) is 0 Å². The van der Waals surface area contributed by atoms with Crippen LogP contribution in [0.2, 0.25) is 0 Å². The minimum atomic E-state index is -0.159. The highest BCUT2D eigenvalue weighted by Gasteiger charge is 2.37. The summed E-state index contributed by atoms with van der Waals surface area (Å²) in [6, 6.07) is 14.3. The Morgan fingerprint density at radius 1 is 0.909 bits per heavy atom. The second-order valence-corrected chi connectivity index (χ2v) is 11.9. The molecule has 2 heterocycles. The minimum Gasteiger partial charge on any atom is -0.392 e. The molecule has 1 saturated carbocycles. The molecule has 4 heteroatoms. The Labute approximate surface area is 199 Å². The highest BCUT2D eigenvalue weighted by atomic mass is 16.3. The Balaban J connectivity index is 1.31. The number of nitrogens with zero attached hydrogens (tertiary/aromatic N) is 2. The SMILES string of the molecule is CC1(C)CCC(C)(C)c2cc(-c3cccc(N4CCC(N[C@@H]5CCC[C@H]5O)CC4)n3)ccc21. The zero-order valence-corrected chi connectivity index (χ0v) is 20.9. The van der Waals surface area contributed by atoms with Crippen LogP contribution >= 0.6 is 0 Å². The lowest BCUT2D eigenvalue weighted by molar-refractivity contribution is 0.140. The van der Waals surface area contributed by atoms with Crippen molar-refractivity contribution in [3.8, 4) is 11.3 Å². The second-order valence-electron chi connectivity index (χ2n) is 11.9. The van der Waals surface area contributed by atoms with Crippen LogP contribution in [0.4, 0.5) is 5.82 Å². The van der Waals surface area contributed by atoms with Crippen LogP contribution in [0.1, 0.15) is 83.8 Å². The number of aliphatic hydroxyl groups is 1. The zero-order valence-electron chi connectivity index (χ0n) is 20.9. The van der Waals surface area contributed by atoms with Gasteiger partial charge in [0.2, 0.25) is 0 Å². The van der Waals surface area contributed by atoms with Crippen LogP contribution in [0, 0.1) is 0 Å². The number of nitrogens with one attached hydrogen (secondary N) is 1. The Bertz CT molecular complexity index is 990. The van der Waals surface area contributed by atoms with Crippen molar-refractivity contribution >= 4 is 5.82 Å². The lowest BCUT2D eigenvalue weighted by Crippen LogP contribution is -2.48. The lowest BCUT2D eigenvalue weighted by atomic mass is 9.63. The van der Waals surface area contributed by atoms with Gasteiger partial charge in [-0.3, -0.25) is 0 Å². The van der Waals surface area contributed by atoms with Gasteiger partial charge in [-0.1, -0.05) is 45.9 Å². The van der Waals surface area contributed by atoms with Crippen LogP contribution in [0.15, 0.2) is 36.4 Å². The normalized spacial score (nSPS) is 26.9. The Morgan fingerprint density at radius 2 is 1.64 bits per heavy atom. The van der Waals surface area contributed by atoms with Crippen molar-refractivity contribution in [2.45, 2.75) is 102 Å². The lowest BCUT2D eigenvalue weighted by Gasteiger charge is -2.42. The van der Waals surface area contributed by atoms with Crippen molar-refractivity contribution < 1.29 is 5.11 Å². The van der Waals surface area contributed by atoms with Crippen LogP contribution in [0.5, 0.6) is 0 Å². The molecule has 33 heavy (non-hydrogen) atoms. The van der Waals surface area contributed by atoms with E-state index < -0.39 is 0 Å². The number of hydrogen-bond donors (Lipinski definition) is 2. The second kappa shape index (κ2) is 8.70. The number of pyridine rings is 1. The summed E-state index contributed by atoms with van der Waals surface area (Å²) in [7, 11) is 0. The van der Waals surface area contributed by atoms with E-state index in [4.69, 9.17) is 4.98 Å². The summed E-state index contributed by atoms with van der Waals surface area (Å²) >= 11 is 0. The molecule has 2 atom stereocenters. The minimum absolute atomic E-state index is 0.159. The third kappa shape index (κ3) is 4.57. The number of benzene rings is 1. The van der Waals surface area contributed by atoms with Crippen molar-refractivity contribution in [1.29, 1.82) is 0 Å². The van der Waals surface area contributed by atoms with Crippen molar-refractivity contribution in [2.24, 2.45) is 0 Å². The van der Waals surface area contributed by atoms with Gasteiger partial charge in [0, 0.05) is 30.7 Å². The van der Waals surface area contributed by atoms with Gasteiger partial charge in [0.1, 0.15) is 5.82 Å². The van der Waals surface area contributed by atoms with Gasteiger partial charge in [-0.05, 0) is 85.1 Å². The first-order valence-corrected chi connectivity index (χ1v) is 13.0. The number of hydrogen-bond acceptors (Lipinski definition) is 4. The molecule has 2 aromatic rings. The molecule has 1 aliphatic heterocycles. The summed E-state index contributed by atoms with van der Waals surface area (Å²) in [6.45, 7) is 11.6. The smallest absolute Gasteiger partial charge is 0.129 e. The maximum Gasteiger partial charge on any atom is 0.129 e. The Kier molecular flexibility index (Phi) is 6.03. The fraction of sp³-hybridized carbons (Fsp3) is 0.621. The summed E-state index contributed by atoms with van der Waals surface area (Å²) in [4.78, 5) is 7.53. The van der Waals surface area contributed by atoms with Crippen LogP contribution in [0.25, 0.3) is 11.3 Å². The maximum absolute atomic E-state index is 10.1. The standard InChI is InChI=1S/C29H41N3O/c1-28(2)15-16-29(3,4)23-19-20(11-12-22(23)28)24-7-6-10-27(31-24)32-17-13-21(14-18-32)30-25-8-5-9-26(25)33/h6-7,10-12,19,21,25-26,30,33H,5,8-9,13-18H2,1-4H3/t25-,26-/m1/s1. The quantitative estimate of drug-likeness (QED) is 0.643. The molecule has 0 spiro atoms. The molecule has 5 rings (SSSR count). The molecule has 2 N–H and O–H groups in total. The number of rotatable bonds is 4.